The van der Waals surface area contributed by atoms with Crippen molar-refractivity contribution in [3.8, 4) is 0 Å². The Labute approximate surface area is 72.4 Å². The zero-order valence-electron chi connectivity index (χ0n) is 7.72. The Morgan fingerprint density at radius 1 is 1.33 bits per heavy atom. The number of ether oxygens (including phenoxy) is 1. The summed E-state index contributed by atoms with van der Waals surface area (Å²) in [5.41, 5.74) is 0.726. The van der Waals surface area contributed by atoms with Crippen LogP contribution >= 0.6 is 0 Å². The second-order valence-corrected chi connectivity index (χ2v) is 2.81. The topological polar surface area (TPSA) is 43.4 Å². The van der Waals surface area contributed by atoms with Gasteiger partial charge in [-0.25, -0.2) is 0 Å². The zero-order valence-corrected chi connectivity index (χ0v) is 7.72. The first-order valence-corrected chi connectivity index (χ1v) is 3.74. The molecule has 3 nitrogen and oxygen atoms in total. The summed E-state index contributed by atoms with van der Waals surface area (Å²) in [5.74, 6) is -0.750. The smallest absolute Gasteiger partial charge is 0.302 e. The van der Waals surface area contributed by atoms with E-state index in [1.807, 2.05) is 0 Å². The molecule has 0 bridgehead atoms. The number of hydrogen-bond acceptors (Lipinski definition) is 3. The van der Waals surface area contributed by atoms with Gasteiger partial charge in [-0.3, -0.25) is 9.59 Å². The van der Waals surface area contributed by atoms with Crippen molar-refractivity contribution in [2.75, 3.05) is 6.61 Å². The second-order valence-electron chi connectivity index (χ2n) is 2.81. The fourth-order valence-electron chi connectivity index (χ4n) is 0.807. The van der Waals surface area contributed by atoms with E-state index < -0.39 is 0 Å². The summed E-state index contributed by atoms with van der Waals surface area (Å²) >= 11 is 0. The van der Waals surface area contributed by atoms with Crippen LogP contribution in [0.4, 0.5) is 0 Å². The van der Waals surface area contributed by atoms with E-state index in [1.54, 1.807) is 6.92 Å². The Hall–Kier alpha value is -1.12. The highest BCUT2D eigenvalue weighted by Gasteiger charge is 2.15. The van der Waals surface area contributed by atoms with Gasteiger partial charge in [-0.1, -0.05) is 12.2 Å². The maximum absolute atomic E-state index is 10.9. The van der Waals surface area contributed by atoms with E-state index in [9.17, 15) is 9.59 Å². The minimum absolute atomic E-state index is 0.0243. The number of carbonyl (C=O) groups is 2. The fourth-order valence-corrected chi connectivity index (χ4v) is 0.807. The standard InChI is InChI=1S/C9H14O3/c1-6(2)9(7(3)10)5-12-8(4)11/h9H,1,5H2,2-4H3. The Morgan fingerprint density at radius 3 is 2.08 bits per heavy atom. The first kappa shape index (κ1) is 10.9. The zero-order chi connectivity index (χ0) is 9.72. The van der Waals surface area contributed by atoms with Gasteiger partial charge in [-0.15, -0.1) is 0 Å². The summed E-state index contributed by atoms with van der Waals surface area (Å²) in [4.78, 5) is 21.4. The van der Waals surface area contributed by atoms with E-state index in [2.05, 4.69) is 6.58 Å². The molecule has 12 heavy (non-hydrogen) atoms. The van der Waals surface area contributed by atoms with Gasteiger partial charge >= 0.3 is 5.97 Å². The molecule has 0 aromatic carbocycles. The molecule has 0 aliphatic rings. The lowest BCUT2D eigenvalue weighted by Crippen LogP contribution is -2.19. The Morgan fingerprint density at radius 2 is 1.83 bits per heavy atom. The number of rotatable bonds is 4. The largest absolute Gasteiger partial charge is 0.465 e. The highest BCUT2D eigenvalue weighted by atomic mass is 16.5. The molecule has 1 unspecified atom stereocenters. The molecule has 0 N–H and O–H groups in total. The maximum atomic E-state index is 10.9. The van der Waals surface area contributed by atoms with Crippen LogP contribution in [0.5, 0.6) is 0 Å². The van der Waals surface area contributed by atoms with Crippen LogP contribution in [0.3, 0.4) is 0 Å². The van der Waals surface area contributed by atoms with Crippen LogP contribution in [0.15, 0.2) is 12.2 Å². The van der Waals surface area contributed by atoms with Gasteiger partial charge < -0.3 is 4.74 Å². The quantitative estimate of drug-likeness (QED) is 0.472. The highest BCUT2D eigenvalue weighted by molar-refractivity contribution is 5.81. The van der Waals surface area contributed by atoms with Gasteiger partial charge in [0.2, 0.25) is 0 Å². The van der Waals surface area contributed by atoms with Gasteiger partial charge in [-0.05, 0) is 13.8 Å². The normalized spacial score (nSPS) is 11.9. The maximum Gasteiger partial charge on any atom is 0.302 e. The van der Waals surface area contributed by atoms with Crippen molar-refractivity contribution in [2.45, 2.75) is 20.8 Å². The molecule has 0 aromatic heterocycles. The fraction of sp³-hybridized carbons (Fsp3) is 0.556. The molecule has 1 atom stereocenters. The van der Waals surface area contributed by atoms with Gasteiger partial charge in [0.25, 0.3) is 0 Å². The minimum Gasteiger partial charge on any atom is -0.465 e. The highest BCUT2D eigenvalue weighted by Crippen LogP contribution is 2.09. The van der Waals surface area contributed by atoms with Crippen molar-refractivity contribution in [1.29, 1.82) is 0 Å². The molecule has 0 amide bonds. The summed E-state index contributed by atoms with van der Waals surface area (Å²) in [6, 6.07) is 0. The lowest BCUT2D eigenvalue weighted by molar-refractivity contribution is -0.142. The molecule has 0 aromatic rings. The molecule has 0 rings (SSSR count). The van der Waals surface area contributed by atoms with Gasteiger partial charge in [0.1, 0.15) is 12.4 Å². The second kappa shape index (κ2) is 4.70. The van der Waals surface area contributed by atoms with Crippen LogP contribution in [0.1, 0.15) is 20.8 Å². The molecular weight excluding hydrogens is 156 g/mol. The monoisotopic (exact) mass is 170 g/mol. The minimum atomic E-state index is -0.373. The lowest BCUT2D eigenvalue weighted by atomic mass is 9.99. The molecule has 0 aliphatic heterocycles. The van der Waals surface area contributed by atoms with Crippen molar-refractivity contribution in [1.82, 2.24) is 0 Å². The molecule has 0 saturated heterocycles. The Balaban J connectivity index is 4.06. The first-order chi connectivity index (χ1) is 5.45. The molecule has 0 spiro atoms. The van der Waals surface area contributed by atoms with Gasteiger partial charge in [0, 0.05) is 6.92 Å². The summed E-state index contributed by atoms with van der Waals surface area (Å²) in [7, 11) is 0. The number of esters is 1. The third-order valence-corrected chi connectivity index (χ3v) is 1.54. The average Bonchev–Trinajstić information content (AvgIpc) is 1.84. The molecule has 0 saturated carbocycles. The predicted molar refractivity (Wildman–Crippen MR) is 45.6 cm³/mol. The van der Waals surface area contributed by atoms with E-state index >= 15 is 0 Å². The third kappa shape index (κ3) is 3.91. The molecule has 0 fully saturated rings. The average molecular weight is 170 g/mol. The summed E-state index contributed by atoms with van der Waals surface area (Å²) in [5, 5.41) is 0. The van der Waals surface area contributed by atoms with Crippen LogP contribution in [-0.2, 0) is 14.3 Å². The van der Waals surface area contributed by atoms with Crippen molar-refractivity contribution in [2.24, 2.45) is 5.92 Å². The van der Waals surface area contributed by atoms with Crippen molar-refractivity contribution >= 4 is 11.8 Å². The number of ketones is 1. The van der Waals surface area contributed by atoms with E-state index in [0.717, 1.165) is 5.57 Å². The number of carbonyl (C=O) groups excluding carboxylic acids is 2. The Kier molecular flexibility index (Phi) is 4.26. The lowest BCUT2D eigenvalue weighted by Gasteiger charge is -2.12. The SMILES string of the molecule is C=C(C)C(COC(C)=O)C(C)=O. The first-order valence-electron chi connectivity index (χ1n) is 3.74. The summed E-state index contributed by atoms with van der Waals surface area (Å²) in [6.45, 7) is 8.28. The van der Waals surface area contributed by atoms with E-state index in [4.69, 9.17) is 4.74 Å². The van der Waals surface area contributed by atoms with Crippen molar-refractivity contribution < 1.29 is 14.3 Å². The van der Waals surface area contributed by atoms with E-state index in [0.29, 0.717) is 0 Å². The van der Waals surface area contributed by atoms with Crippen molar-refractivity contribution in [3.63, 3.8) is 0 Å². The van der Waals surface area contributed by atoms with Crippen LogP contribution in [-0.4, -0.2) is 18.4 Å². The van der Waals surface area contributed by atoms with Crippen molar-refractivity contribution in [3.05, 3.63) is 12.2 Å². The third-order valence-electron chi connectivity index (χ3n) is 1.54. The van der Waals surface area contributed by atoms with Gasteiger partial charge in [0.15, 0.2) is 0 Å². The summed E-state index contributed by atoms with van der Waals surface area (Å²) < 4.78 is 4.71. The van der Waals surface area contributed by atoms with E-state index in [-0.39, 0.29) is 24.3 Å². The van der Waals surface area contributed by atoms with Crippen LogP contribution in [0, 0.1) is 5.92 Å². The van der Waals surface area contributed by atoms with Crippen LogP contribution < -0.4 is 0 Å². The molecular formula is C9H14O3. The molecule has 3 heteroatoms. The van der Waals surface area contributed by atoms with E-state index in [1.165, 1.54) is 13.8 Å². The molecule has 0 heterocycles. The molecule has 68 valence electrons. The molecule has 0 radical (unpaired) electrons. The van der Waals surface area contributed by atoms with Gasteiger partial charge in [-0.2, -0.15) is 0 Å². The Bertz CT molecular complexity index is 192. The predicted octanol–water partition coefficient (Wildman–Crippen LogP) is 1.33. The molecule has 0 aliphatic carbocycles. The summed E-state index contributed by atoms with van der Waals surface area (Å²) in [6.07, 6.45) is 0. The number of Topliss-reactive ketones (excluding diaryl/α,β-unsaturated/α-hetero) is 1. The van der Waals surface area contributed by atoms with Crippen LogP contribution in [0.25, 0.3) is 0 Å². The van der Waals surface area contributed by atoms with Crippen LogP contribution in [0.2, 0.25) is 0 Å². The van der Waals surface area contributed by atoms with Gasteiger partial charge in [0.05, 0.1) is 5.92 Å². The number of hydrogen-bond donors (Lipinski definition) is 0.